The molecule has 3 rings (SSSR count). The number of amides is 1. The van der Waals surface area contributed by atoms with Crippen LogP contribution in [0.1, 0.15) is 70.6 Å². The Labute approximate surface area is 124 Å². The summed E-state index contributed by atoms with van der Waals surface area (Å²) in [5, 5.41) is 6.96. The van der Waals surface area contributed by atoms with Crippen molar-refractivity contribution in [1.82, 2.24) is 15.5 Å². The minimum atomic E-state index is -0.510. The predicted octanol–water partition coefficient (Wildman–Crippen LogP) is 3.17. The number of ether oxygens (including phenoxy) is 1. The van der Waals surface area contributed by atoms with Crippen LogP contribution in [0.5, 0.6) is 0 Å². The van der Waals surface area contributed by atoms with Crippen LogP contribution in [0, 0.1) is 11.8 Å². The van der Waals surface area contributed by atoms with E-state index in [-0.39, 0.29) is 6.04 Å². The lowest BCUT2D eigenvalue weighted by atomic mass is 10.1. The molecule has 2 aliphatic carbocycles. The first-order chi connectivity index (χ1) is 9.83. The number of carbonyl (C=O) groups excluding carboxylic acids is 1. The summed E-state index contributed by atoms with van der Waals surface area (Å²) in [7, 11) is 0. The van der Waals surface area contributed by atoms with E-state index in [9.17, 15) is 4.79 Å². The zero-order valence-corrected chi connectivity index (χ0v) is 13.0. The molecule has 0 spiro atoms. The molecule has 1 aromatic heterocycles. The van der Waals surface area contributed by atoms with E-state index in [1.807, 2.05) is 20.8 Å². The quantitative estimate of drug-likeness (QED) is 0.922. The zero-order valence-electron chi connectivity index (χ0n) is 13.0. The van der Waals surface area contributed by atoms with Gasteiger partial charge in [-0.2, -0.15) is 4.98 Å². The molecular weight excluding hydrogens is 270 g/mol. The van der Waals surface area contributed by atoms with Crippen LogP contribution in [-0.2, 0) is 4.74 Å². The highest BCUT2D eigenvalue weighted by molar-refractivity contribution is 5.68. The highest BCUT2D eigenvalue weighted by Gasteiger charge is 2.41. The number of nitrogens with one attached hydrogen (secondary N) is 1. The molecule has 2 saturated carbocycles. The zero-order chi connectivity index (χ0) is 15.2. The fourth-order valence-corrected chi connectivity index (χ4v) is 2.45. The molecule has 6 nitrogen and oxygen atoms in total. The predicted molar refractivity (Wildman–Crippen MR) is 75.7 cm³/mol. The second kappa shape index (κ2) is 5.00. The van der Waals surface area contributed by atoms with Crippen molar-refractivity contribution in [3.05, 3.63) is 11.7 Å². The normalized spacial score (nSPS) is 26.3. The van der Waals surface area contributed by atoms with Gasteiger partial charge in [0.15, 0.2) is 5.82 Å². The van der Waals surface area contributed by atoms with Crippen LogP contribution in [0.15, 0.2) is 4.52 Å². The van der Waals surface area contributed by atoms with Crippen LogP contribution in [0.2, 0.25) is 0 Å². The SMILES string of the molecule is C[C@@H]1C[C@H]1c1nc([C@H](NC(=O)OC(C)(C)C)C2CC2)no1. The summed E-state index contributed by atoms with van der Waals surface area (Å²) < 4.78 is 10.7. The molecule has 1 aromatic rings. The van der Waals surface area contributed by atoms with Gasteiger partial charge >= 0.3 is 6.09 Å². The molecule has 21 heavy (non-hydrogen) atoms. The van der Waals surface area contributed by atoms with E-state index >= 15 is 0 Å². The van der Waals surface area contributed by atoms with Crippen molar-refractivity contribution < 1.29 is 14.1 Å². The van der Waals surface area contributed by atoms with E-state index in [2.05, 4.69) is 22.4 Å². The van der Waals surface area contributed by atoms with Crippen LogP contribution in [0.3, 0.4) is 0 Å². The van der Waals surface area contributed by atoms with E-state index in [1.165, 1.54) is 0 Å². The molecule has 2 fully saturated rings. The Morgan fingerprint density at radius 3 is 2.62 bits per heavy atom. The molecule has 6 heteroatoms. The number of rotatable bonds is 4. The summed E-state index contributed by atoms with van der Waals surface area (Å²) in [5.41, 5.74) is -0.510. The number of hydrogen-bond donors (Lipinski definition) is 1. The maximum atomic E-state index is 12.0. The summed E-state index contributed by atoms with van der Waals surface area (Å²) in [4.78, 5) is 16.4. The topological polar surface area (TPSA) is 77.2 Å². The van der Waals surface area contributed by atoms with E-state index in [1.54, 1.807) is 0 Å². The van der Waals surface area contributed by atoms with Crippen molar-refractivity contribution in [2.75, 3.05) is 0 Å². The van der Waals surface area contributed by atoms with Crippen LogP contribution in [0.4, 0.5) is 4.79 Å². The molecule has 0 saturated heterocycles. The molecule has 1 N–H and O–H groups in total. The monoisotopic (exact) mass is 293 g/mol. The van der Waals surface area contributed by atoms with Gasteiger partial charge in [0.1, 0.15) is 5.60 Å². The van der Waals surface area contributed by atoms with Crippen molar-refractivity contribution in [3.63, 3.8) is 0 Å². The van der Waals surface area contributed by atoms with Gasteiger partial charge in [0, 0.05) is 5.92 Å². The maximum absolute atomic E-state index is 12.0. The third-order valence-corrected chi connectivity index (χ3v) is 3.93. The molecule has 3 atom stereocenters. The minimum absolute atomic E-state index is 0.202. The average Bonchev–Trinajstić information content (AvgIpc) is 3.25. The van der Waals surface area contributed by atoms with Gasteiger partial charge in [-0.3, -0.25) is 0 Å². The Bertz CT molecular complexity index is 531. The lowest BCUT2D eigenvalue weighted by Crippen LogP contribution is -2.36. The Morgan fingerprint density at radius 2 is 2.10 bits per heavy atom. The first-order valence-corrected chi connectivity index (χ1v) is 7.66. The number of carbonyl (C=O) groups is 1. The Balaban J connectivity index is 1.67. The highest BCUT2D eigenvalue weighted by atomic mass is 16.6. The number of aromatic nitrogens is 2. The van der Waals surface area contributed by atoms with E-state index in [0.29, 0.717) is 29.5 Å². The lowest BCUT2D eigenvalue weighted by Gasteiger charge is -2.22. The minimum Gasteiger partial charge on any atom is -0.444 e. The van der Waals surface area contributed by atoms with Crippen LogP contribution in [-0.4, -0.2) is 21.8 Å². The number of hydrogen-bond acceptors (Lipinski definition) is 5. The molecule has 1 heterocycles. The first kappa shape index (κ1) is 14.4. The van der Waals surface area contributed by atoms with Crippen LogP contribution >= 0.6 is 0 Å². The van der Waals surface area contributed by atoms with E-state index < -0.39 is 11.7 Å². The molecular formula is C15H23N3O3. The Kier molecular flexibility index (Phi) is 3.42. The van der Waals surface area contributed by atoms with Gasteiger partial charge in [-0.15, -0.1) is 0 Å². The highest BCUT2D eigenvalue weighted by Crippen LogP contribution is 2.47. The van der Waals surface area contributed by atoms with Crippen molar-refractivity contribution in [2.24, 2.45) is 11.8 Å². The molecule has 0 aliphatic heterocycles. The summed E-state index contributed by atoms with van der Waals surface area (Å²) >= 11 is 0. The summed E-state index contributed by atoms with van der Waals surface area (Å²) in [6.07, 6.45) is 2.83. The Hall–Kier alpha value is -1.59. The van der Waals surface area contributed by atoms with Gasteiger partial charge in [0.25, 0.3) is 0 Å². The van der Waals surface area contributed by atoms with Crippen LogP contribution in [0.25, 0.3) is 0 Å². The molecule has 2 aliphatic rings. The standard InChI is InChI=1S/C15H23N3O3/c1-8-7-10(8)13-17-12(18-21-13)11(9-5-6-9)16-14(19)20-15(2,3)4/h8-11H,5-7H2,1-4H3,(H,16,19)/t8-,10-,11-/m1/s1. The third kappa shape index (κ3) is 3.54. The fourth-order valence-electron chi connectivity index (χ4n) is 2.45. The van der Waals surface area contributed by atoms with Gasteiger partial charge in [-0.25, -0.2) is 4.79 Å². The Morgan fingerprint density at radius 1 is 1.43 bits per heavy atom. The molecule has 0 radical (unpaired) electrons. The maximum Gasteiger partial charge on any atom is 0.408 e. The second-order valence-electron chi connectivity index (χ2n) is 7.27. The van der Waals surface area contributed by atoms with Gasteiger partial charge in [0.05, 0.1) is 6.04 Å². The molecule has 0 aromatic carbocycles. The van der Waals surface area contributed by atoms with E-state index in [0.717, 1.165) is 19.3 Å². The summed E-state index contributed by atoms with van der Waals surface area (Å²) in [5.74, 6) is 2.69. The van der Waals surface area contributed by atoms with Crippen molar-refractivity contribution in [2.45, 2.75) is 64.5 Å². The molecule has 0 unspecified atom stereocenters. The summed E-state index contributed by atoms with van der Waals surface area (Å²) in [6.45, 7) is 7.71. The molecule has 116 valence electrons. The number of alkyl carbamates (subject to hydrolysis) is 1. The van der Waals surface area contributed by atoms with Gasteiger partial charge in [0.2, 0.25) is 5.89 Å². The largest absolute Gasteiger partial charge is 0.444 e. The third-order valence-electron chi connectivity index (χ3n) is 3.93. The van der Waals surface area contributed by atoms with Crippen molar-refractivity contribution >= 4 is 6.09 Å². The molecule has 0 bridgehead atoms. The summed E-state index contributed by atoms with van der Waals surface area (Å²) in [6, 6.07) is -0.202. The van der Waals surface area contributed by atoms with Crippen LogP contribution < -0.4 is 5.32 Å². The van der Waals surface area contributed by atoms with E-state index in [4.69, 9.17) is 9.26 Å². The lowest BCUT2D eigenvalue weighted by molar-refractivity contribution is 0.0494. The van der Waals surface area contributed by atoms with Gasteiger partial charge < -0.3 is 14.6 Å². The smallest absolute Gasteiger partial charge is 0.408 e. The molecule has 1 amide bonds. The van der Waals surface area contributed by atoms with Crippen molar-refractivity contribution in [3.8, 4) is 0 Å². The average molecular weight is 293 g/mol. The second-order valence-corrected chi connectivity index (χ2v) is 7.27. The first-order valence-electron chi connectivity index (χ1n) is 7.66. The fraction of sp³-hybridized carbons (Fsp3) is 0.800. The number of nitrogens with zero attached hydrogens (tertiary/aromatic N) is 2. The van der Waals surface area contributed by atoms with Gasteiger partial charge in [-0.05, 0) is 51.9 Å². The van der Waals surface area contributed by atoms with Crippen molar-refractivity contribution in [1.29, 1.82) is 0 Å². The van der Waals surface area contributed by atoms with Gasteiger partial charge in [-0.1, -0.05) is 12.1 Å².